The van der Waals surface area contributed by atoms with E-state index in [1.54, 1.807) is 6.07 Å². The minimum Gasteiger partial charge on any atom is -0.482 e. The SMILES string of the molecule is Cc1ccccc1OC(=O)COc1ccc(C(C)C)cc1. The van der Waals surface area contributed by atoms with E-state index in [9.17, 15) is 4.79 Å². The quantitative estimate of drug-likeness (QED) is 0.612. The van der Waals surface area contributed by atoms with E-state index in [2.05, 4.69) is 13.8 Å². The lowest BCUT2D eigenvalue weighted by Gasteiger charge is -2.10. The largest absolute Gasteiger partial charge is 0.482 e. The van der Waals surface area contributed by atoms with Crippen molar-refractivity contribution in [3.8, 4) is 11.5 Å². The van der Waals surface area contributed by atoms with Crippen LogP contribution in [-0.4, -0.2) is 12.6 Å². The van der Waals surface area contributed by atoms with Gasteiger partial charge in [-0.3, -0.25) is 0 Å². The third kappa shape index (κ3) is 4.35. The van der Waals surface area contributed by atoms with Gasteiger partial charge in [0.2, 0.25) is 0 Å². The molecule has 0 amide bonds. The number of carbonyl (C=O) groups excluding carboxylic acids is 1. The van der Waals surface area contributed by atoms with E-state index in [4.69, 9.17) is 9.47 Å². The topological polar surface area (TPSA) is 35.5 Å². The van der Waals surface area contributed by atoms with Gasteiger partial charge in [-0.15, -0.1) is 0 Å². The van der Waals surface area contributed by atoms with Crippen LogP contribution in [0, 0.1) is 6.92 Å². The molecule has 2 rings (SSSR count). The molecule has 2 aromatic carbocycles. The molecule has 0 aliphatic heterocycles. The standard InChI is InChI=1S/C18H20O3/c1-13(2)15-8-10-16(11-9-15)20-12-18(19)21-17-7-5-4-6-14(17)3/h4-11,13H,12H2,1-3H3. The Bertz CT molecular complexity index is 600. The van der Waals surface area contributed by atoms with Crippen LogP contribution in [0.2, 0.25) is 0 Å². The summed E-state index contributed by atoms with van der Waals surface area (Å²) in [5.41, 5.74) is 2.16. The number of hydrogen-bond acceptors (Lipinski definition) is 3. The highest BCUT2D eigenvalue weighted by atomic mass is 16.6. The number of carbonyl (C=O) groups is 1. The average molecular weight is 284 g/mol. The van der Waals surface area contributed by atoms with E-state index in [-0.39, 0.29) is 6.61 Å². The van der Waals surface area contributed by atoms with Gasteiger partial charge in [0.1, 0.15) is 11.5 Å². The summed E-state index contributed by atoms with van der Waals surface area (Å²) >= 11 is 0. The van der Waals surface area contributed by atoms with Crippen LogP contribution in [0.25, 0.3) is 0 Å². The van der Waals surface area contributed by atoms with Gasteiger partial charge in [0.25, 0.3) is 0 Å². The Balaban J connectivity index is 1.88. The molecule has 3 heteroatoms. The zero-order chi connectivity index (χ0) is 15.2. The van der Waals surface area contributed by atoms with Crippen LogP contribution >= 0.6 is 0 Å². The van der Waals surface area contributed by atoms with E-state index in [0.717, 1.165) is 5.56 Å². The number of esters is 1. The zero-order valence-corrected chi connectivity index (χ0v) is 12.6. The second-order valence-corrected chi connectivity index (χ2v) is 5.25. The molecule has 0 aromatic heterocycles. The van der Waals surface area contributed by atoms with Gasteiger partial charge in [0.15, 0.2) is 6.61 Å². The summed E-state index contributed by atoms with van der Waals surface area (Å²) in [7, 11) is 0. The molecule has 0 saturated carbocycles. The fourth-order valence-corrected chi connectivity index (χ4v) is 1.91. The van der Waals surface area contributed by atoms with Gasteiger partial charge in [-0.05, 0) is 42.2 Å². The van der Waals surface area contributed by atoms with E-state index in [1.165, 1.54) is 5.56 Å². The van der Waals surface area contributed by atoms with Crippen LogP contribution in [0.4, 0.5) is 0 Å². The van der Waals surface area contributed by atoms with Crippen molar-refractivity contribution in [2.75, 3.05) is 6.61 Å². The minimum atomic E-state index is -0.405. The van der Waals surface area contributed by atoms with E-state index < -0.39 is 5.97 Å². The summed E-state index contributed by atoms with van der Waals surface area (Å²) < 4.78 is 10.7. The smallest absolute Gasteiger partial charge is 0.349 e. The van der Waals surface area contributed by atoms with Crippen molar-refractivity contribution < 1.29 is 14.3 Å². The minimum absolute atomic E-state index is 0.102. The second-order valence-electron chi connectivity index (χ2n) is 5.25. The van der Waals surface area contributed by atoms with Crippen molar-refractivity contribution >= 4 is 5.97 Å². The highest BCUT2D eigenvalue weighted by Gasteiger charge is 2.08. The van der Waals surface area contributed by atoms with E-state index >= 15 is 0 Å². The first-order valence-corrected chi connectivity index (χ1v) is 7.05. The molecule has 3 nitrogen and oxygen atoms in total. The molecule has 0 aliphatic rings. The number of para-hydroxylation sites is 1. The predicted octanol–water partition coefficient (Wildman–Crippen LogP) is 4.10. The number of hydrogen-bond donors (Lipinski definition) is 0. The Labute approximate surface area is 125 Å². The van der Waals surface area contributed by atoms with Gasteiger partial charge in [-0.1, -0.05) is 44.2 Å². The van der Waals surface area contributed by atoms with Gasteiger partial charge in [-0.2, -0.15) is 0 Å². The zero-order valence-electron chi connectivity index (χ0n) is 12.6. The van der Waals surface area contributed by atoms with Gasteiger partial charge >= 0.3 is 5.97 Å². The average Bonchev–Trinajstić information content (AvgIpc) is 2.48. The van der Waals surface area contributed by atoms with Crippen LogP contribution in [0.5, 0.6) is 11.5 Å². The number of aryl methyl sites for hydroxylation is 1. The molecular formula is C18H20O3. The van der Waals surface area contributed by atoms with Crippen LogP contribution in [-0.2, 0) is 4.79 Å². The number of benzene rings is 2. The molecule has 0 atom stereocenters. The molecule has 0 bridgehead atoms. The molecule has 0 radical (unpaired) electrons. The molecule has 21 heavy (non-hydrogen) atoms. The van der Waals surface area contributed by atoms with Crippen molar-refractivity contribution in [2.24, 2.45) is 0 Å². The summed E-state index contributed by atoms with van der Waals surface area (Å²) in [5.74, 6) is 1.31. The maximum atomic E-state index is 11.8. The lowest BCUT2D eigenvalue weighted by Crippen LogP contribution is -2.18. The lowest BCUT2D eigenvalue weighted by atomic mass is 10.0. The first kappa shape index (κ1) is 15.1. The molecule has 0 N–H and O–H groups in total. The summed E-state index contributed by atoms with van der Waals surface area (Å²) in [6.45, 7) is 6.06. The van der Waals surface area contributed by atoms with Crippen molar-refractivity contribution in [3.05, 3.63) is 59.7 Å². The Morgan fingerprint density at radius 2 is 1.71 bits per heavy atom. The van der Waals surface area contributed by atoms with Gasteiger partial charge in [-0.25, -0.2) is 4.79 Å². The van der Waals surface area contributed by atoms with Crippen molar-refractivity contribution in [2.45, 2.75) is 26.7 Å². The summed E-state index contributed by atoms with van der Waals surface area (Å²) in [4.78, 5) is 11.8. The first-order valence-electron chi connectivity index (χ1n) is 7.05. The highest BCUT2D eigenvalue weighted by molar-refractivity contribution is 5.74. The summed E-state index contributed by atoms with van der Waals surface area (Å²) in [6.07, 6.45) is 0. The first-order chi connectivity index (χ1) is 10.1. The molecule has 0 saturated heterocycles. The predicted molar refractivity (Wildman–Crippen MR) is 82.8 cm³/mol. The van der Waals surface area contributed by atoms with Crippen LogP contribution in [0.1, 0.15) is 30.9 Å². The number of rotatable bonds is 5. The van der Waals surface area contributed by atoms with Gasteiger partial charge < -0.3 is 9.47 Å². The van der Waals surface area contributed by atoms with Crippen LogP contribution in [0.15, 0.2) is 48.5 Å². The summed E-state index contributed by atoms with van der Waals surface area (Å²) in [5, 5.41) is 0. The monoisotopic (exact) mass is 284 g/mol. The van der Waals surface area contributed by atoms with Gasteiger partial charge in [0.05, 0.1) is 0 Å². The molecule has 0 spiro atoms. The molecule has 2 aromatic rings. The fraction of sp³-hybridized carbons (Fsp3) is 0.278. The molecule has 110 valence electrons. The normalized spacial score (nSPS) is 10.5. The Hall–Kier alpha value is -2.29. The third-order valence-corrected chi connectivity index (χ3v) is 3.22. The second kappa shape index (κ2) is 6.93. The lowest BCUT2D eigenvalue weighted by molar-refractivity contribution is -0.136. The van der Waals surface area contributed by atoms with E-state index in [0.29, 0.717) is 17.4 Å². The van der Waals surface area contributed by atoms with E-state index in [1.807, 2.05) is 49.4 Å². The van der Waals surface area contributed by atoms with Crippen molar-refractivity contribution in [1.82, 2.24) is 0 Å². The fourth-order valence-electron chi connectivity index (χ4n) is 1.91. The maximum Gasteiger partial charge on any atom is 0.349 e. The van der Waals surface area contributed by atoms with Crippen molar-refractivity contribution in [1.29, 1.82) is 0 Å². The Kier molecular flexibility index (Phi) is 4.99. The molecule has 0 aliphatic carbocycles. The van der Waals surface area contributed by atoms with Crippen LogP contribution in [0.3, 0.4) is 0 Å². The third-order valence-electron chi connectivity index (χ3n) is 3.22. The molecule has 0 unspecified atom stereocenters. The highest BCUT2D eigenvalue weighted by Crippen LogP contribution is 2.19. The van der Waals surface area contributed by atoms with Crippen LogP contribution < -0.4 is 9.47 Å². The Morgan fingerprint density at radius 1 is 1.05 bits per heavy atom. The molecule has 0 fully saturated rings. The maximum absolute atomic E-state index is 11.8. The number of ether oxygens (including phenoxy) is 2. The van der Waals surface area contributed by atoms with Crippen molar-refractivity contribution in [3.63, 3.8) is 0 Å². The molecule has 0 heterocycles. The Morgan fingerprint density at radius 3 is 2.33 bits per heavy atom. The van der Waals surface area contributed by atoms with Gasteiger partial charge in [0, 0.05) is 0 Å². The molecular weight excluding hydrogens is 264 g/mol. The summed E-state index contributed by atoms with van der Waals surface area (Å²) in [6, 6.07) is 15.2.